The van der Waals surface area contributed by atoms with Gasteiger partial charge in [0.1, 0.15) is 5.82 Å². The van der Waals surface area contributed by atoms with E-state index in [1.807, 2.05) is 55.5 Å². The second-order valence-corrected chi connectivity index (χ2v) is 6.84. The fourth-order valence-corrected chi connectivity index (χ4v) is 2.92. The molecule has 1 amide bonds. The van der Waals surface area contributed by atoms with Crippen LogP contribution in [0.25, 0.3) is 0 Å². The molecule has 0 saturated carbocycles. The summed E-state index contributed by atoms with van der Waals surface area (Å²) in [7, 11) is 0. The first-order chi connectivity index (χ1) is 13.5. The van der Waals surface area contributed by atoms with Crippen LogP contribution >= 0.6 is 11.6 Å². The van der Waals surface area contributed by atoms with Crippen LogP contribution in [0.5, 0.6) is 0 Å². The number of carbonyl (C=O) groups is 1. The molecule has 28 heavy (non-hydrogen) atoms. The molecule has 144 valence electrons. The van der Waals surface area contributed by atoms with Gasteiger partial charge in [-0.3, -0.25) is 4.79 Å². The average molecular weight is 396 g/mol. The van der Waals surface area contributed by atoms with Gasteiger partial charge in [-0.05, 0) is 55.3 Å². The van der Waals surface area contributed by atoms with Crippen molar-refractivity contribution in [1.29, 1.82) is 0 Å². The highest BCUT2D eigenvalue weighted by atomic mass is 35.5. The molecule has 6 nitrogen and oxygen atoms in total. The minimum atomic E-state index is -0.101. The largest absolute Gasteiger partial charge is 0.370 e. The maximum absolute atomic E-state index is 11.1. The maximum atomic E-state index is 11.1. The number of anilines is 4. The third-order valence-electron chi connectivity index (χ3n) is 3.92. The van der Waals surface area contributed by atoms with Crippen LogP contribution in [-0.4, -0.2) is 22.4 Å². The molecule has 3 N–H and O–H groups in total. The summed E-state index contributed by atoms with van der Waals surface area (Å²) in [5, 5.41) is 10.00. The quantitative estimate of drug-likeness (QED) is 0.535. The third-order valence-corrected chi connectivity index (χ3v) is 4.16. The number of benzene rings is 2. The summed E-state index contributed by atoms with van der Waals surface area (Å²) in [6.45, 7) is 4.14. The van der Waals surface area contributed by atoms with Gasteiger partial charge in [0.2, 0.25) is 11.9 Å². The van der Waals surface area contributed by atoms with E-state index in [0.717, 1.165) is 40.9 Å². The standard InChI is InChI=1S/C21H22ClN5O/c1-14-12-20(23-11-10-16-4-3-5-17(22)13-16)27-21(24-14)26-19-8-6-18(7-9-19)25-15(2)28/h3-9,12-13H,10-11H2,1-2H3,(H,25,28)(H2,23,24,26,27). The van der Waals surface area contributed by atoms with Crippen LogP contribution in [0.4, 0.5) is 23.1 Å². The molecule has 0 bridgehead atoms. The Labute approximate surface area is 169 Å². The van der Waals surface area contributed by atoms with Crippen LogP contribution in [-0.2, 0) is 11.2 Å². The zero-order chi connectivity index (χ0) is 19.9. The topological polar surface area (TPSA) is 78.9 Å². The van der Waals surface area contributed by atoms with Crippen LogP contribution in [0.1, 0.15) is 18.2 Å². The molecule has 0 spiro atoms. The van der Waals surface area contributed by atoms with E-state index in [9.17, 15) is 4.79 Å². The smallest absolute Gasteiger partial charge is 0.229 e. The SMILES string of the molecule is CC(=O)Nc1ccc(Nc2nc(C)cc(NCCc3cccc(Cl)c3)n2)cc1. The highest BCUT2D eigenvalue weighted by Gasteiger charge is 2.04. The van der Waals surface area contributed by atoms with Crippen LogP contribution in [0.3, 0.4) is 0 Å². The van der Waals surface area contributed by atoms with Crippen LogP contribution in [0.15, 0.2) is 54.6 Å². The summed E-state index contributed by atoms with van der Waals surface area (Å²) >= 11 is 6.02. The molecule has 0 unspecified atom stereocenters. The maximum Gasteiger partial charge on any atom is 0.229 e. The van der Waals surface area contributed by atoms with E-state index in [-0.39, 0.29) is 5.91 Å². The highest BCUT2D eigenvalue weighted by Crippen LogP contribution is 2.18. The monoisotopic (exact) mass is 395 g/mol. The zero-order valence-corrected chi connectivity index (χ0v) is 16.5. The lowest BCUT2D eigenvalue weighted by atomic mass is 10.1. The van der Waals surface area contributed by atoms with Crippen molar-refractivity contribution in [3.8, 4) is 0 Å². The van der Waals surface area contributed by atoms with E-state index in [2.05, 4.69) is 32.0 Å². The zero-order valence-electron chi connectivity index (χ0n) is 15.8. The fraction of sp³-hybridized carbons (Fsp3) is 0.190. The number of amides is 1. The predicted molar refractivity (Wildman–Crippen MR) is 114 cm³/mol. The van der Waals surface area contributed by atoms with E-state index in [1.54, 1.807) is 0 Å². The molecule has 1 aromatic heterocycles. The summed E-state index contributed by atoms with van der Waals surface area (Å²) in [6.07, 6.45) is 0.844. The molecule has 3 rings (SSSR count). The lowest BCUT2D eigenvalue weighted by Gasteiger charge is -2.11. The molecule has 0 saturated heterocycles. The number of hydrogen-bond acceptors (Lipinski definition) is 5. The molecule has 0 radical (unpaired) electrons. The number of aryl methyl sites for hydroxylation is 1. The van der Waals surface area contributed by atoms with Gasteiger partial charge in [0, 0.05) is 41.6 Å². The van der Waals surface area contributed by atoms with Gasteiger partial charge in [-0.1, -0.05) is 23.7 Å². The second kappa shape index (κ2) is 9.19. The van der Waals surface area contributed by atoms with E-state index >= 15 is 0 Å². The number of rotatable bonds is 7. The number of hydrogen-bond donors (Lipinski definition) is 3. The van der Waals surface area contributed by atoms with Crippen molar-refractivity contribution in [2.75, 3.05) is 22.5 Å². The average Bonchev–Trinajstić information content (AvgIpc) is 2.63. The fourth-order valence-electron chi connectivity index (χ4n) is 2.71. The molecule has 0 aliphatic rings. The minimum absolute atomic E-state index is 0.101. The van der Waals surface area contributed by atoms with E-state index in [1.165, 1.54) is 12.5 Å². The second-order valence-electron chi connectivity index (χ2n) is 6.41. The van der Waals surface area contributed by atoms with Gasteiger partial charge in [0.15, 0.2) is 0 Å². The Morgan fingerprint density at radius 2 is 1.79 bits per heavy atom. The van der Waals surface area contributed by atoms with Crippen LogP contribution in [0.2, 0.25) is 5.02 Å². The molecule has 0 fully saturated rings. The van der Waals surface area contributed by atoms with Crippen molar-refractivity contribution < 1.29 is 4.79 Å². The van der Waals surface area contributed by atoms with Gasteiger partial charge in [0.25, 0.3) is 0 Å². The number of carbonyl (C=O) groups excluding carboxylic acids is 1. The van der Waals surface area contributed by atoms with Crippen molar-refractivity contribution in [1.82, 2.24) is 9.97 Å². The summed E-state index contributed by atoms with van der Waals surface area (Å²) in [5.74, 6) is 1.17. The Morgan fingerprint density at radius 1 is 1.04 bits per heavy atom. The number of nitrogens with zero attached hydrogens (tertiary/aromatic N) is 2. The lowest BCUT2D eigenvalue weighted by Crippen LogP contribution is -2.09. The Bertz CT molecular complexity index is 959. The van der Waals surface area contributed by atoms with E-state index in [0.29, 0.717) is 5.95 Å². The normalized spacial score (nSPS) is 10.4. The van der Waals surface area contributed by atoms with Gasteiger partial charge >= 0.3 is 0 Å². The third kappa shape index (κ3) is 5.96. The summed E-state index contributed by atoms with van der Waals surface area (Å²) < 4.78 is 0. The van der Waals surface area contributed by atoms with Crippen LogP contribution in [0, 0.1) is 6.92 Å². The molecule has 0 atom stereocenters. The predicted octanol–water partition coefficient (Wildman–Crippen LogP) is 4.80. The minimum Gasteiger partial charge on any atom is -0.370 e. The van der Waals surface area contributed by atoms with Crippen molar-refractivity contribution in [3.05, 3.63) is 70.9 Å². The molecule has 0 aliphatic carbocycles. The number of halogens is 1. The molecule has 7 heteroatoms. The van der Waals surface area contributed by atoms with Gasteiger partial charge in [-0.2, -0.15) is 4.98 Å². The molecule has 1 heterocycles. The lowest BCUT2D eigenvalue weighted by molar-refractivity contribution is -0.114. The molecule has 0 aliphatic heterocycles. The Morgan fingerprint density at radius 3 is 2.50 bits per heavy atom. The highest BCUT2D eigenvalue weighted by molar-refractivity contribution is 6.30. The van der Waals surface area contributed by atoms with Crippen molar-refractivity contribution in [2.24, 2.45) is 0 Å². The Kier molecular flexibility index (Phi) is 6.45. The van der Waals surface area contributed by atoms with Crippen LogP contribution < -0.4 is 16.0 Å². The van der Waals surface area contributed by atoms with Gasteiger partial charge < -0.3 is 16.0 Å². The number of nitrogens with one attached hydrogen (secondary N) is 3. The van der Waals surface area contributed by atoms with E-state index in [4.69, 9.17) is 11.6 Å². The van der Waals surface area contributed by atoms with E-state index < -0.39 is 0 Å². The number of aromatic nitrogens is 2. The van der Waals surface area contributed by atoms with Gasteiger partial charge in [0.05, 0.1) is 0 Å². The Balaban J connectivity index is 1.61. The summed E-state index contributed by atoms with van der Waals surface area (Å²) in [4.78, 5) is 20.0. The van der Waals surface area contributed by atoms with Crippen molar-refractivity contribution >= 4 is 40.6 Å². The molecular formula is C21H22ClN5O. The first kappa shape index (κ1) is 19.6. The molecule has 3 aromatic rings. The summed E-state index contributed by atoms with van der Waals surface area (Å²) in [6, 6.07) is 17.1. The van der Waals surface area contributed by atoms with Crippen molar-refractivity contribution in [3.63, 3.8) is 0 Å². The van der Waals surface area contributed by atoms with Crippen molar-refractivity contribution in [2.45, 2.75) is 20.3 Å². The first-order valence-corrected chi connectivity index (χ1v) is 9.34. The molecule has 2 aromatic carbocycles. The summed E-state index contributed by atoms with van der Waals surface area (Å²) in [5.41, 5.74) is 3.61. The Hall–Kier alpha value is -3.12. The van der Waals surface area contributed by atoms with Gasteiger partial charge in [-0.25, -0.2) is 4.98 Å². The molecular weight excluding hydrogens is 374 g/mol. The van der Waals surface area contributed by atoms with Gasteiger partial charge in [-0.15, -0.1) is 0 Å². The first-order valence-electron chi connectivity index (χ1n) is 8.96.